The van der Waals surface area contributed by atoms with E-state index in [1.165, 1.54) is 13.3 Å². The summed E-state index contributed by atoms with van der Waals surface area (Å²) < 4.78 is 9.66. The summed E-state index contributed by atoms with van der Waals surface area (Å²) in [7, 11) is 1.27. The molecule has 2 N–H and O–H groups in total. The number of carbonyl (C=O) groups is 2. The van der Waals surface area contributed by atoms with Gasteiger partial charge in [-0.15, -0.1) is 0 Å². The monoisotopic (exact) mass is 310 g/mol. The van der Waals surface area contributed by atoms with Crippen LogP contribution in [-0.4, -0.2) is 47.8 Å². The first-order valence-corrected chi connectivity index (χ1v) is 6.94. The average Bonchev–Trinajstić information content (AvgIpc) is 2.44. The van der Waals surface area contributed by atoms with Gasteiger partial charge in [-0.25, -0.2) is 19.6 Å². The summed E-state index contributed by atoms with van der Waals surface area (Å²) in [5.74, 6) is -0.0673. The van der Waals surface area contributed by atoms with E-state index in [9.17, 15) is 9.59 Å². The van der Waals surface area contributed by atoms with Gasteiger partial charge in [0.05, 0.1) is 7.11 Å². The highest BCUT2D eigenvalue weighted by molar-refractivity contribution is 5.85. The van der Waals surface area contributed by atoms with Gasteiger partial charge in [0.25, 0.3) is 0 Å². The highest BCUT2D eigenvalue weighted by Crippen LogP contribution is 2.06. The van der Waals surface area contributed by atoms with Gasteiger partial charge < -0.3 is 20.1 Å². The Labute approximate surface area is 129 Å². The average molecular weight is 310 g/mol. The van der Waals surface area contributed by atoms with Gasteiger partial charge in [0.2, 0.25) is 5.82 Å². The van der Waals surface area contributed by atoms with Gasteiger partial charge in [-0.3, -0.25) is 0 Å². The molecule has 8 nitrogen and oxygen atoms in total. The van der Waals surface area contributed by atoms with Crippen LogP contribution in [0.1, 0.15) is 37.8 Å². The molecule has 0 radical (unpaired) electrons. The zero-order chi connectivity index (χ0) is 16.6. The number of alkyl carbamates (subject to hydrolysis) is 1. The van der Waals surface area contributed by atoms with Gasteiger partial charge in [-0.05, 0) is 33.3 Å². The molecule has 1 aromatic heterocycles. The number of rotatable bonds is 6. The third kappa shape index (κ3) is 6.87. The van der Waals surface area contributed by atoms with Crippen molar-refractivity contribution in [3.63, 3.8) is 0 Å². The summed E-state index contributed by atoms with van der Waals surface area (Å²) in [6.07, 6.45) is 1.71. The summed E-state index contributed by atoms with van der Waals surface area (Å²) >= 11 is 0. The van der Waals surface area contributed by atoms with Crippen molar-refractivity contribution in [1.29, 1.82) is 0 Å². The molecule has 8 heteroatoms. The molecule has 22 heavy (non-hydrogen) atoms. The van der Waals surface area contributed by atoms with Gasteiger partial charge in [-0.2, -0.15) is 0 Å². The predicted octanol–water partition coefficient (Wildman–Crippen LogP) is 1.59. The Morgan fingerprint density at radius 1 is 1.27 bits per heavy atom. The zero-order valence-electron chi connectivity index (χ0n) is 13.3. The Kier molecular flexibility index (Phi) is 6.55. The van der Waals surface area contributed by atoms with E-state index in [1.807, 2.05) is 20.8 Å². The number of nitrogens with one attached hydrogen (secondary N) is 2. The number of amides is 1. The number of carbonyl (C=O) groups excluding carboxylic acids is 2. The standard InChI is InChI=1S/C14H22N4O4/c1-14(2,3)22-13(20)17-8-5-7-15-10-6-9-16-11(18-10)12(19)21-4/h6,9H,5,7-8H2,1-4H3,(H,17,20)(H,15,16,18). The molecule has 0 aliphatic rings. The number of esters is 1. The molecule has 0 aromatic carbocycles. The normalized spacial score (nSPS) is 10.7. The molecule has 0 saturated heterocycles. The number of nitrogens with zero attached hydrogens (tertiary/aromatic N) is 2. The lowest BCUT2D eigenvalue weighted by molar-refractivity contribution is 0.0526. The molecule has 0 bridgehead atoms. The van der Waals surface area contributed by atoms with Crippen LogP contribution >= 0.6 is 0 Å². The Morgan fingerprint density at radius 3 is 2.64 bits per heavy atom. The summed E-state index contributed by atoms with van der Waals surface area (Å²) in [5.41, 5.74) is -0.506. The highest BCUT2D eigenvalue weighted by atomic mass is 16.6. The van der Waals surface area contributed by atoms with Crippen molar-refractivity contribution in [2.24, 2.45) is 0 Å². The summed E-state index contributed by atoms with van der Waals surface area (Å²) in [6, 6.07) is 1.65. The molecular weight excluding hydrogens is 288 g/mol. The lowest BCUT2D eigenvalue weighted by atomic mass is 10.2. The van der Waals surface area contributed by atoms with E-state index < -0.39 is 17.7 Å². The lowest BCUT2D eigenvalue weighted by Crippen LogP contribution is -2.33. The summed E-state index contributed by atoms with van der Waals surface area (Å²) in [5, 5.41) is 5.69. The molecule has 0 aliphatic heterocycles. The molecule has 1 aromatic rings. The minimum absolute atomic E-state index is 0.000574. The van der Waals surface area contributed by atoms with Gasteiger partial charge in [0, 0.05) is 19.3 Å². The molecule has 122 valence electrons. The van der Waals surface area contributed by atoms with Gasteiger partial charge in [-0.1, -0.05) is 0 Å². The number of anilines is 1. The maximum Gasteiger partial charge on any atom is 0.407 e. The van der Waals surface area contributed by atoms with Crippen molar-refractivity contribution >= 4 is 17.9 Å². The summed E-state index contributed by atoms with van der Waals surface area (Å²) in [4.78, 5) is 30.5. The minimum atomic E-state index is -0.588. The van der Waals surface area contributed by atoms with E-state index in [2.05, 4.69) is 25.3 Å². The Balaban J connectivity index is 2.28. The van der Waals surface area contributed by atoms with E-state index in [1.54, 1.807) is 6.07 Å². The van der Waals surface area contributed by atoms with Crippen LogP contribution in [0.2, 0.25) is 0 Å². The van der Waals surface area contributed by atoms with Crippen molar-refractivity contribution in [2.45, 2.75) is 32.8 Å². The first kappa shape index (κ1) is 17.7. The van der Waals surface area contributed by atoms with Crippen LogP contribution in [0.4, 0.5) is 10.6 Å². The molecule has 0 atom stereocenters. The highest BCUT2D eigenvalue weighted by Gasteiger charge is 2.15. The second-order valence-corrected chi connectivity index (χ2v) is 5.47. The minimum Gasteiger partial charge on any atom is -0.463 e. The second-order valence-electron chi connectivity index (χ2n) is 5.47. The number of hydrogen-bond donors (Lipinski definition) is 2. The van der Waals surface area contributed by atoms with Gasteiger partial charge in [0.15, 0.2) is 0 Å². The maximum atomic E-state index is 11.4. The van der Waals surface area contributed by atoms with Crippen LogP contribution in [0, 0.1) is 0 Å². The van der Waals surface area contributed by atoms with Gasteiger partial charge >= 0.3 is 12.1 Å². The van der Waals surface area contributed by atoms with Crippen LogP contribution < -0.4 is 10.6 Å². The number of methoxy groups -OCH3 is 1. The van der Waals surface area contributed by atoms with Crippen LogP contribution in [0.5, 0.6) is 0 Å². The molecule has 0 spiro atoms. The first-order chi connectivity index (χ1) is 10.3. The molecule has 1 amide bonds. The van der Waals surface area contributed by atoms with Gasteiger partial charge in [0.1, 0.15) is 11.4 Å². The second kappa shape index (κ2) is 8.16. The van der Waals surface area contributed by atoms with Crippen LogP contribution in [-0.2, 0) is 9.47 Å². The number of ether oxygens (including phenoxy) is 2. The fraction of sp³-hybridized carbons (Fsp3) is 0.571. The van der Waals surface area contributed by atoms with E-state index in [0.717, 1.165) is 0 Å². The maximum absolute atomic E-state index is 11.4. The lowest BCUT2D eigenvalue weighted by Gasteiger charge is -2.19. The van der Waals surface area contributed by atoms with Crippen LogP contribution in [0.25, 0.3) is 0 Å². The third-order valence-corrected chi connectivity index (χ3v) is 2.35. The number of hydrogen-bond acceptors (Lipinski definition) is 7. The molecule has 0 saturated carbocycles. The number of aromatic nitrogens is 2. The van der Waals surface area contributed by atoms with Crippen molar-refractivity contribution in [1.82, 2.24) is 15.3 Å². The first-order valence-electron chi connectivity index (χ1n) is 6.94. The predicted molar refractivity (Wildman–Crippen MR) is 80.7 cm³/mol. The quantitative estimate of drug-likeness (QED) is 0.607. The molecule has 0 unspecified atom stereocenters. The molecule has 1 heterocycles. The van der Waals surface area contributed by atoms with Crippen LogP contribution in [0.3, 0.4) is 0 Å². The van der Waals surface area contributed by atoms with Crippen molar-refractivity contribution < 1.29 is 19.1 Å². The zero-order valence-corrected chi connectivity index (χ0v) is 13.3. The van der Waals surface area contributed by atoms with Crippen LogP contribution in [0.15, 0.2) is 12.3 Å². The molecular formula is C14H22N4O4. The Morgan fingerprint density at radius 2 is 2.00 bits per heavy atom. The topological polar surface area (TPSA) is 102 Å². The Bertz CT molecular complexity index is 514. The van der Waals surface area contributed by atoms with E-state index in [0.29, 0.717) is 25.3 Å². The largest absolute Gasteiger partial charge is 0.463 e. The van der Waals surface area contributed by atoms with Crippen molar-refractivity contribution in [3.05, 3.63) is 18.1 Å². The smallest absolute Gasteiger partial charge is 0.407 e. The van der Waals surface area contributed by atoms with Crippen molar-refractivity contribution in [3.8, 4) is 0 Å². The fourth-order valence-electron chi connectivity index (χ4n) is 1.46. The van der Waals surface area contributed by atoms with E-state index >= 15 is 0 Å². The molecule has 1 rings (SSSR count). The van der Waals surface area contributed by atoms with E-state index in [4.69, 9.17) is 4.74 Å². The van der Waals surface area contributed by atoms with E-state index in [-0.39, 0.29) is 5.82 Å². The third-order valence-electron chi connectivity index (χ3n) is 2.35. The molecule has 0 aliphatic carbocycles. The Hall–Kier alpha value is -2.38. The van der Waals surface area contributed by atoms with Crippen molar-refractivity contribution in [2.75, 3.05) is 25.5 Å². The summed E-state index contributed by atoms with van der Waals surface area (Å²) in [6.45, 7) is 6.47. The molecule has 0 fully saturated rings. The fourth-order valence-corrected chi connectivity index (χ4v) is 1.46. The SMILES string of the molecule is COC(=O)c1nccc(NCCCNC(=O)OC(C)(C)C)n1.